The number of ether oxygens (including phenoxy) is 1. The van der Waals surface area contributed by atoms with Crippen molar-refractivity contribution in [1.29, 1.82) is 0 Å². The second kappa shape index (κ2) is 15.0. The molecule has 0 atom stereocenters. The number of hydrogen-bond donors (Lipinski definition) is 0. The standard InChI is InChI=1S/C40H36OP2/c1-5-19-35(20-6-1)42(36-21-7-2-8-22-36)39-27-15-13-17-33(39)29-31-41-32-30-34-18-14-16-28-40(34)43(37-23-9-3-10-24-37)38-25-11-4-12-26-38/h1-28H,29-32H2. The summed E-state index contributed by atoms with van der Waals surface area (Å²) in [6, 6.07) is 61.6. The van der Waals surface area contributed by atoms with Gasteiger partial charge >= 0.3 is 0 Å². The fraction of sp³-hybridized carbons (Fsp3) is 0.100. The molecular formula is C40H36OP2. The molecule has 6 aromatic carbocycles. The van der Waals surface area contributed by atoms with Crippen LogP contribution in [0.2, 0.25) is 0 Å². The van der Waals surface area contributed by atoms with E-state index >= 15 is 0 Å². The molecule has 0 fully saturated rings. The Balaban J connectivity index is 1.16. The van der Waals surface area contributed by atoms with Gasteiger partial charge in [0.2, 0.25) is 0 Å². The van der Waals surface area contributed by atoms with Crippen LogP contribution in [0.15, 0.2) is 170 Å². The van der Waals surface area contributed by atoms with Gasteiger partial charge in [0.15, 0.2) is 0 Å². The smallest absolute Gasteiger partial charge is 0.0506 e. The normalized spacial score (nSPS) is 11.2. The average Bonchev–Trinajstić information content (AvgIpc) is 3.08. The van der Waals surface area contributed by atoms with Crippen molar-refractivity contribution in [2.24, 2.45) is 0 Å². The van der Waals surface area contributed by atoms with E-state index < -0.39 is 15.8 Å². The highest BCUT2D eigenvalue weighted by Gasteiger charge is 2.20. The predicted molar refractivity (Wildman–Crippen MR) is 189 cm³/mol. The molecule has 0 unspecified atom stereocenters. The summed E-state index contributed by atoms with van der Waals surface area (Å²) in [5.74, 6) is 0. The Hall–Kier alpha value is -3.86. The lowest BCUT2D eigenvalue weighted by molar-refractivity contribution is 0.140. The van der Waals surface area contributed by atoms with Crippen LogP contribution in [0, 0.1) is 0 Å². The first kappa shape index (κ1) is 29.2. The Kier molecular flexibility index (Phi) is 10.2. The van der Waals surface area contributed by atoms with E-state index in [9.17, 15) is 0 Å². The van der Waals surface area contributed by atoms with Gasteiger partial charge in [-0.15, -0.1) is 0 Å². The lowest BCUT2D eigenvalue weighted by atomic mass is 10.1. The lowest BCUT2D eigenvalue weighted by Gasteiger charge is -2.23. The second-order valence-electron chi connectivity index (χ2n) is 10.4. The van der Waals surface area contributed by atoms with Crippen molar-refractivity contribution in [2.45, 2.75) is 12.8 Å². The van der Waals surface area contributed by atoms with Crippen molar-refractivity contribution < 1.29 is 4.74 Å². The molecule has 212 valence electrons. The molecule has 3 heteroatoms. The molecule has 0 heterocycles. The van der Waals surface area contributed by atoms with Crippen molar-refractivity contribution in [2.75, 3.05) is 13.2 Å². The third kappa shape index (κ3) is 7.38. The van der Waals surface area contributed by atoms with Gasteiger partial charge in [0.05, 0.1) is 13.2 Å². The third-order valence-electron chi connectivity index (χ3n) is 7.55. The van der Waals surface area contributed by atoms with E-state index in [-0.39, 0.29) is 0 Å². The van der Waals surface area contributed by atoms with Gasteiger partial charge in [-0.3, -0.25) is 0 Å². The molecule has 0 spiro atoms. The lowest BCUT2D eigenvalue weighted by Crippen LogP contribution is -2.24. The van der Waals surface area contributed by atoms with Crippen molar-refractivity contribution in [3.8, 4) is 0 Å². The fourth-order valence-corrected chi connectivity index (χ4v) is 10.5. The number of benzene rings is 6. The van der Waals surface area contributed by atoms with Gasteiger partial charge in [-0.05, 0) is 71.6 Å². The molecule has 6 rings (SSSR count). The van der Waals surface area contributed by atoms with Crippen LogP contribution >= 0.6 is 15.8 Å². The first-order valence-corrected chi connectivity index (χ1v) is 17.6. The van der Waals surface area contributed by atoms with E-state index in [0.717, 1.165) is 12.8 Å². The SMILES string of the molecule is c1ccc(P(c2ccccc2)c2ccccc2CCOCCc2ccccc2P(c2ccccc2)c2ccccc2)cc1. The van der Waals surface area contributed by atoms with Gasteiger partial charge in [0.1, 0.15) is 0 Å². The maximum Gasteiger partial charge on any atom is 0.0506 e. The third-order valence-corrected chi connectivity index (χ3v) is 12.6. The Labute approximate surface area is 258 Å². The van der Waals surface area contributed by atoms with E-state index in [2.05, 4.69) is 170 Å². The van der Waals surface area contributed by atoms with Crippen LogP contribution in [0.3, 0.4) is 0 Å². The zero-order valence-corrected chi connectivity index (χ0v) is 26.1. The van der Waals surface area contributed by atoms with Gasteiger partial charge in [-0.25, -0.2) is 0 Å². The molecule has 0 radical (unpaired) electrons. The molecule has 0 aliphatic rings. The molecular weight excluding hydrogens is 558 g/mol. The van der Waals surface area contributed by atoms with Gasteiger partial charge in [0.25, 0.3) is 0 Å². The van der Waals surface area contributed by atoms with E-state index in [4.69, 9.17) is 4.74 Å². The van der Waals surface area contributed by atoms with Crippen molar-refractivity contribution in [3.05, 3.63) is 181 Å². The van der Waals surface area contributed by atoms with Crippen LogP contribution in [0.4, 0.5) is 0 Å². The molecule has 0 saturated carbocycles. The summed E-state index contributed by atoms with van der Waals surface area (Å²) in [4.78, 5) is 0. The van der Waals surface area contributed by atoms with Crippen LogP contribution in [-0.4, -0.2) is 13.2 Å². The number of hydrogen-bond acceptors (Lipinski definition) is 1. The minimum atomic E-state index is -0.637. The van der Waals surface area contributed by atoms with E-state index in [1.54, 1.807) is 0 Å². The summed E-state index contributed by atoms with van der Waals surface area (Å²) < 4.78 is 6.35. The zero-order valence-electron chi connectivity index (χ0n) is 24.3. The molecule has 0 aromatic heterocycles. The van der Waals surface area contributed by atoms with E-state index in [1.807, 2.05) is 0 Å². The van der Waals surface area contributed by atoms with E-state index in [1.165, 1.54) is 43.0 Å². The van der Waals surface area contributed by atoms with Crippen LogP contribution in [0.1, 0.15) is 11.1 Å². The van der Waals surface area contributed by atoms with E-state index in [0.29, 0.717) is 13.2 Å². The first-order valence-electron chi connectivity index (χ1n) is 14.9. The molecule has 0 aliphatic carbocycles. The molecule has 0 N–H and O–H groups in total. The Morgan fingerprint density at radius 3 is 0.930 bits per heavy atom. The summed E-state index contributed by atoms with van der Waals surface area (Å²) >= 11 is 0. The Morgan fingerprint density at radius 1 is 0.326 bits per heavy atom. The molecule has 43 heavy (non-hydrogen) atoms. The quantitative estimate of drug-likeness (QED) is 0.110. The predicted octanol–water partition coefficient (Wildman–Crippen LogP) is 7.00. The van der Waals surface area contributed by atoms with Crippen molar-refractivity contribution in [3.63, 3.8) is 0 Å². The fourth-order valence-electron chi connectivity index (χ4n) is 5.51. The van der Waals surface area contributed by atoms with Crippen LogP contribution in [-0.2, 0) is 17.6 Å². The highest BCUT2D eigenvalue weighted by molar-refractivity contribution is 7.80. The maximum absolute atomic E-state index is 6.35. The maximum atomic E-state index is 6.35. The topological polar surface area (TPSA) is 9.23 Å². The molecule has 1 nitrogen and oxygen atoms in total. The molecule has 0 amide bonds. The van der Waals surface area contributed by atoms with Crippen molar-refractivity contribution in [1.82, 2.24) is 0 Å². The molecule has 0 saturated heterocycles. The molecule has 0 aliphatic heterocycles. The van der Waals surface area contributed by atoms with Crippen LogP contribution in [0.25, 0.3) is 0 Å². The van der Waals surface area contributed by atoms with Gasteiger partial charge < -0.3 is 4.74 Å². The average molecular weight is 595 g/mol. The van der Waals surface area contributed by atoms with Gasteiger partial charge in [-0.1, -0.05) is 170 Å². The summed E-state index contributed by atoms with van der Waals surface area (Å²) in [5.41, 5.74) is 2.75. The molecule has 6 aromatic rings. The summed E-state index contributed by atoms with van der Waals surface area (Å²) in [7, 11) is -1.27. The highest BCUT2D eigenvalue weighted by Crippen LogP contribution is 2.35. The summed E-state index contributed by atoms with van der Waals surface area (Å²) in [6.07, 6.45) is 1.80. The Morgan fingerprint density at radius 2 is 0.605 bits per heavy atom. The summed E-state index contributed by atoms with van der Waals surface area (Å²) in [6.45, 7) is 1.41. The highest BCUT2D eigenvalue weighted by atomic mass is 31.1. The minimum Gasteiger partial charge on any atom is -0.381 e. The van der Waals surface area contributed by atoms with Gasteiger partial charge in [-0.2, -0.15) is 0 Å². The largest absolute Gasteiger partial charge is 0.381 e. The first-order chi connectivity index (χ1) is 21.4. The Bertz CT molecular complexity index is 1480. The van der Waals surface area contributed by atoms with Crippen LogP contribution in [0.5, 0.6) is 0 Å². The summed E-state index contributed by atoms with van der Waals surface area (Å²) in [5, 5.41) is 8.34. The van der Waals surface area contributed by atoms with Crippen molar-refractivity contribution >= 4 is 47.7 Å². The zero-order chi connectivity index (χ0) is 29.1. The second-order valence-corrected chi connectivity index (χ2v) is 14.8. The monoisotopic (exact) mass is 594 g/mol. The number of rotatable bonds is 12. The minimum absolute atomic E-state index is 0.637. The molecule has 0 bridgehead atoms. The van der Waals surface area contributed by atoms with Crippen LogP contribution < -0.4 is 31.8 Å². The van der Waals surface area contributed by atoms with Gasteiger partial charge in [0, 0.05) is 0 Å².